The molecule has 1 saturated carbocycles. The van der Waals surface area contributed by atoms with E-state index in [0.29, 0.717) is 29.5 Å². The van der Waals surface area contributed by atoms with E-state index in [4.69, 9.17) is 20.2 Å². The monoisotopic (exact) mass is 594 g/mol. The molecule has 218 valence electrons. The number of anilines is 1. The number of nitrogen functional groups attached to an aromatic ring is 1. The van der Waals surface area contributed by atoms with E-state index in [0.717, 1.165) is 47.0 Å². The van der Waals surface area contributed by atoms with Crippen LogP contribution in [0.1, 0.15) is 58.8 Å². The van der Waals surface area contributed by atoms with Crippen LogP contribution in [0.5, 0.6) is 11.5 Å². The van der Waals surface area contributed by atoms with Crippen molar-refractivity contribution in [3.8, 4) is 22.8 Å². The number of benzene rings is 2. The number of rotatable bonds is 9. The summed E-state index contributed by atoms with van der Waals surface area (Å²) in [5.74, 6) is 0.675. The summed E-state index contributed by atoms with van der Waals surface area (Å²) in [4.78, 5) is 21.5. The van der Waals surface area contributed by atoms with Gasteiger partial charge in [0.05, 0.1) is 24.1 Å². The first kappa shape index (κ1) is 28.0. The molecule has 0 bridgehead atoms. The van der Waals surface area contributed by atoms with Gasteiger partial charge in [-0.1, -0.05) is 19.1 Å². The molecule has 3 N–H and O–H groups in total. The van der Waals surface area contributed by atoms with E-state index in [9.17, 15) is 18.0 Å². The lowest BCUT2D eigenvalue weighted by molar-refractivity contribution is 0.0949. The van der Waals surface area contributed by atoms with E-state index in [1.54, 1.807) is 6.07 Å². The first-order chi connectivity index (χ1) is 20.2. The molecule has 1 aliphatic carbocycles. The zero-order chi connectivity index (χ0) is 29.5. The average Bonchev–Trinajstić information content (AvgIpc) is 3.61. The summed E-state index contributed by atoms with van der Waals surface area (Å²) in [6, 6.07) is 10.0. The smallest absolute Gasteiger partial charge is 0.331 e. The second kappa shape index (κ2) is 11.3. The SMILES string of the molecule is COc1cc(C(=O)NCC(c2cc3c(c(-c4csc5c(F)cccc45)n2)OCC3C)C2CC2)cc(/C=N/C(F)F)c1N. The molecule has 4 aromatic rings. The Morgan fingerprint density at radius 3 is 2.86 bits per heavy atom. The number of aliphatic imine (C=N–C) groups is 1. The standard InChI is InChI=1S/C31H29F3N4O3S/c1-15-13-41-28-20(15)10-24(38-27(28)22-14-42-29-19(22)4-3-5-23(29)32)21(16-6-7-16)12-36-30(39)17-8-18(11-37-31(33)34)26(35)25(9-17)40-2/h3-5,8-11,14-16,21,31H,6-7,12-13,35H2,1-2H3,(H,36,39)/b37-11+. The van der Waals surface area contributed by atoms with E-state index in [1.165, 1.54) is 36.6 Å². The minimum Gasteiger partial charge on any atom is -0.495 e. The fourth-order valence-corrected chi connectivity index (χ4v) is 6.44. The first-order valence-corrected chi connectivity index (χ1v) is 14.5. The lowest BCUT2D eigenvalue weighted by Gasteiger charge is -2.20. The number of methoxy groups -OCH3 is 1. The van der Waals surface area contributed by atoms with Crippen LogP contribution in [-0.4, -0.2) is 43.9 Å². The Morgan fingerprint density at radius 1 is 1.31 bits per heavy atom. The van der Waals surface area contributed by atoms with E-state index >= 15 is 0 Å². The maximum absolute atomic E-state index is 14.5. The van der Waals surface area contributed by atoms with Gasteiger partial charge < -0.3 is 20.5 Å². The molecule has 11 heteroatoms. The molecular weight excluding hydrogens is 565 g/mol. The van der Waals surface area contributed by atoms with Crippen LogP contribution in [0.25, 0.3) is 21.3 Å². The number of amides is 1. The molecule has 0 saturated heterocycles. The van der Waals surface area contributed by atoms with Gasteiger partial charge in [-0.2, -0.15) is 8.78 Å². The van der Waals surface area contributed by atoms with Crippen LogP contribution in [0.4, 0.5) is 18.9 Å². The number of nitrogens with two attached hydrogens (primary N) is 1. The summed E-state index contributed by atoms with van der Waals surface area (Å²) in [6.45, 7) is 0.0412. The Labute approximate surface area is 244 Å². The van der Waals surface area contributed by atoms with Gasteiger partial charge in [0.2, 0.25) is 0 Å². The number of hydrogen-bond acceptors (Lipinski definition) is 7. The predicted octanol–water partition coefficient (Wildman–Crippen LogP) is 6.75. The molecule has 0 radical (unpaired) electrons. The molecule has 1 amide bonds. The van der Waals surface area contributed by atoms with Gasteiger partial charge in [0.1, 0.15) is 23.0 Å². The molecular formula is C31H29F3N4O3S. The van der Waals surface area contributed by atoms with Gasteiger partial charge in [-0.3, -0.25) is 4.79 Å². The topological polar surface area (TPSA) is 98.8 Å². The zero-order valence-corrected chi connectivity index (χ0v) is 23.8. The number of carbonyl (C=O) groups is 1. The number of halogens is 3. The summed E-state index contributed by atoms with van der Waals surface area (Å²) < 4.78 is 51.8. The predicted molar refractivity (Wildman–Crippen MR) is 158 cm³/mol. The molecule has 42 heavy (non-hydrogen) atoms. The van der Waals surface area contributed by atoms with Crippen LogP contribution in [0.2, 0.25) is 0 Å². The van der Waals surface area contributed by atoms with Gasteiger partial charge >= 0.3 is 6.55 Å². The highest BCUT2D eigenvalue weighted by atomic mass is 32.1. The van der Waals surface area contributed by atoms with Crippen molar-refractivity contribution in [2.45, 2.75) is 38.2 Å². The summed E-state index contributed by atoms with van der Waals surface area (Å²) in [7, 11) is 1.39. The molecule has 6 rings (SSSR count). The Kier molecular flexibility index (Phi) is 7.53. The Morgan fingerprint density at radius 2 is 2.12 bits per heavy atom. The number of fused-ring (bicyclic) bond motifs is 2. The van der Waals surface area contributed by atoms with Crippen molar-refractivity contribution >= 4 is 39.2 Å². The highest BCUT2D eigenvalue weighted by molar-refractivity contribution is 7.17. The van der Waals surface area contributed by atoms with E-state index in [-0.39, 0.29) is 40.2 Å². The van der Waals surface area contributed by atoms with Crippen molar-refractivity contribution in [2.24, 2.45) is 10.9 Å². The molecule has 2 aromatic carbocycles. The van der Waals surface area contributed by atoms with Crippen LogP contribution in [-0.2, 0) is 0 Å². The number of hydrogen-bond donors (Lipinski definition) is 2. The van der Waals surface area contributed by atoms with Crippen LogP contribution in [0, 0.1) is 11.7 Å². The fraction of sp³-hybridized carbons (Fsp3) is 0.323. The van der Waals surface area contributed by atoms with E-state index in [1.807, 2.05) is 11.4 Å². The number of nitrogens with zero attached hydrogens (tertiary/aromatic N) is 2. The van der Waals surface area contributed by atoms with Gasteiger partial charge in [0.25, 0.3) is 5.91 Å². The molecule has 7 nitrogen and oxygen atoms in total. The number of carbonyl (C=O) groups excluding carboxylic acids is 1. The summed E-state index contributed by atoms with van der Waals surface area (Å²) >= 11 is 1.34. The summed E-state index contributed by atoms with van der Waals surface area (Å²) in [5.41, 5.74) is 9.91. The number of alkyl halides is 2. The third kappa shape index (κ3) is 5.29. The molecule has 2 aromatic heterocycles. The maximum atomic E-state index is 14.5. The average molecular weight is 595 g/mol. The van der Waals surface area contributed by atoms with Crippen molar-refractivity contribution in [3.05, 3.63) is 70.0 Å². The highest BCUT2D eigenvalue weighted by Gasteiger charge is 2.36. The number of aromatic nitrogens is 1. The highest BCUT2D eigenvalue weighted by Crippen LogP contribution is 2.48. The summed E-state index contributed by atoms with van der Waals surface area (Å²) in [6.07, 6.45) is 2.96. The molecule has 0 spiro atoms. The molecule has 1 fully saturated rings. The normalized spacial score (nSPS) is 17.0. The number of nitrogens with one attached hydrogen (secondary N) is 1. The Balaban J connectivity index is 1.33. The molecule has 1 aliphatic heterocycles. The molecule has 2 unspecified atom stereocenters. The van der Waals surface area contributed by atoms with Gasteiger partial charge in [-0.25, -0.2) is 14.4 Å². The van der Waals surface area contributed by atoms with Crippen LogP contribution >= 0.6 is 11.3 Å². The number of pyridine rings is 1. The minimum absolute atomic E-state index is 0.0667. The second-order valence-electron chi connectivity index (χ2n) is 10.7. The van der Waals surface area contributed by atoms with Crippen molar-refractivity contribution in [1.82, 2.24) is 10.3 Å². The zero-order valence-electron chi connectivity index (χ0n) is 23.0. The van der Waals surface area contributed by atoms with Gasteiger partial charge in [-0.05, 0) is 43.0 Å². The third-order valence-corrected chi connectivity index (χ3v) is 8.88. The maximum Gasteiger partial charge on any atom is 0.331 e. The second-order valence-corrected chi connectivity index (χ2v) is 11.6. The van der Waals surface area contributed by atoms with Crippen molar-refractivity contribution in [2.75, 3.05) is 26.0 Å². The van der Waals surface area contributed by atoms with Crippen molar-refractivity contribution < 1.29 is 27.4 Å². The number of thiophene rings is 1. The summed E-state index contributed by atoms with van der Waals surface area (Å²) in [5, 5.41) is 5.71. The van der Waals surface area contributed by atoms with Crippen LogP contribution in [0.3, 0.4) is 0 Å². The van der Waals surface area contributed by atoms with Crippen LogP contribution < -0.4 is 20.5 Å². The minimum atomic E-state index is -2.91. The van der Waals surface area contributed by atoms with Gasteiger partial charge in [-0.15, -0.1) is 11.3 Å². The molecule has 3 heterocycles. The van der Waals surface area contributed by atoms with E-state index < -0.39 is 12.5 Å². The number of ether oxygens (including phenoxy) is 2. The fourth-order valence-electron chi connectivity index (χ4n) is 5.48. The quantitative estimate of drug-likeness (QED) is 0.127. The van der Waals surface area contributed by atoms with E-state index in [2.05, 4.69) is 23.3 Å². The lowest BCUT2D eigenvalue weighted by Crippen LogP contribution is -2.30. The molecule has 2 atom stereocenters. The van der Waals surface area contributed by atoms with Crippen molar-refractivity contribution in [1.29, 1.82) is 0 Å². The largest absolute Gasteiger partial charge is 0.495 e. The lowest BCUT2D eigenvalue weighted by atomic mass is 9.93. The third-order valence-electron chi connectivity index (χ3n) is 7.87. The van der Waals surface area contributed by atoms with Gasteiger partial charge in [0.15, 0.2) is 0 Å². The Hall–Kier alpha value is -4.12. The van der Waals surface area contributed by atoms with Crippen LogP contribution in [0.15, 0.2) is 46.8 Å². The first-order valence-electron chi connectivity index (χ1n) is 13.7. The molecule has 2 aliphatic rings. The van der Waals surface area contributed by atoms with Crippen molar-refractivity contribution in [3.63, 3.8) is 0 Å². The Bertz CT molecular complexity index is 1700. The van der Waals surface area contributed by atoms with Gasteiger partial charge in [0, 0.05) is 63.3 Å².